The number of rotatable bonds is 2. The van der Waals surface area contributed by atoms with Gasteiger partial charge in [0.1, 0.15) is 17.4 Å². The zero-order valence-electron chi connectivity index (χ0n) is 14.8. The molecule has 6 heteroatoms. The Morgan fingerprint density at radius 2 is 1.86 bits per heavy atom. The number of hydrogen-bond donors (Lipinski definition) is 1. The van der Waals surface area contributed by atoms with Crippen molar-refractivity contribution in [1.29, 1.82) is 5.26 Å². The molecule has 0 fully saturated rings. The smallest absolute Gasteiger partial charge is 0.223 e. The van der Waals surface area contributed by atoms with Crippen molar-refractivity contribution in [2.75, 3.05) is 0 Å². The quantitative estimate of drug-likeness (QED) is 0.545. The molecule has 3 aromatic rings. The number of ether oxygens (including phenoxy) is 1. The number of nitrogens with one attached hydrogen (secondary N) is 1. The molecule has 4 rings (SSSR count). The lowest BCUT2D eigenvalue weighted by atomic mass is 9.82. The van der Waals surface area contributed by atoms with Crippen LogP contribution >= 0.6 is 27.5 Å². The van der Waals surface area contributed by atoms with Crippen LogP contribution in [0.5, 0.6) is 5.75 Å². The summed E-state index contributed by atoms with van der Waals surface area (Å²) in [6.07, 6.45) is 0. The zero-order valence-corrected chi connectivity index (χ0v) is 17.1. The fraction of sp³-hybridized carbons (Fsp3) is 0.0909. The van der Waals surface area contributed by atoms with Crippen LogP contribution in [0.2, 0.25) is 5.02 Å². The van der Waals surface area contributed by atoms with Crippen molar-refractivity contribution in [2.24, 2.45) is 0 Å². The Hall–Kier alpha value is -2.81. The van der Waals surface area contributed by atoms with Crippen LogP contribution in [0.3, 0.4) is 0 Å². The first-order chi connectivity index (χ1) is 13.5. The first kappa shape index (κ1) is 18.5. The molecule has 1 aliphatic rings. The molecule has 0 bridgehead atoms. The van der Waals surface area contributed by atoms with Crippen LogP contribution in [0.4, 0.5) is 0 Å². The van der Waals surface area contributed by atoms with E-state index in [1.54, 1.807) is 0 Å². The molecule has 1 N–H and O–H groups in total. The third kappa shape index (κ3) is 3.15. The number of amides is 1. The Kier molecular flexibility index (Phi) is 4.84. The second-order valence-electron chi connectivity index (χ2n) is 6.44. The molecule has 1 heterocycles. The molecule has 1 amide bonds. The topological polar surface area (TPSA) is 62.1 Å². The summed E-state index contributed by atoms with van der Waals surface area (Å²) in [6.45, 7) is 1.38. The van der Waals surface area contributed by atoms with Crippen molar-refractivity contribution >= 4 is 44.2 Å². The van der Waals surface area contributed by atoms with E-state index in [0.717, 1.165) is 26.4 Å². The molecule has 1 aliphatic heterocycles. The van der Waals surface area contributed by atoms with Crippen molar-refractivity contribution in [3.05, 3.63) is 86.7 Å². The van der Waals surface area contributed by atoms with Gasteiger partial charge in [-0.2, -0.15) is 5.26 Å². The Bertz CT molecular complexity index is 1180. The van der Waals surface area contributed by atoms with Gasteiger partial charge in [-0.05, 0) is 23.8 Å². The van der Waals surface area contributed by atoms with Gasteiger partial charge in [0.25, 0.3) is 0 Å². The summed E-state index contributed by atoms with van der Waals surface area (Å²) in [5, 5.41) is 14.8. The first-order valence-electron chi connectivity index (χ1n) is 8.56. The molecule has 0 saturated carbocycles. The maximum Gasteiger partial charge on any atom is 0.223 e. The fourth-order valence-electron chi connectivity index (χ4n) is 3.47. The SMILES string of the molecule is CC(=O)NC1=C(C#N)C(c2ccc(Br)cc2)c2cc(Cl)c3ccccc3c2O1. The standard InChI is InChI=1S/C22H14BrClN2O2/c1-12(27)26-22-18(11-25)20(13-6-8-14(23)9-7-13)17-10-19(24)15-4-2-3-5-16(15)21(17)28-22/h2-10,20H,1H3,(H,26,27). The number of allylic oxidation sites excluding steroid dienone is 1. The minimum absolute atomic E-state index is 0.155. The molecule has 0 saturated heterocycles. The number of carbonyl (C=O) groups is 1. The average molecular weight is 454 g/mol. The molecular formula is C22H14BrClN2O2. The van der Waals surface area contributed by atoms with Gasteiger partial charge in [0, 0.05) is 32.8 Å². The summed E-state index contributed by atoms with van der Waals surface area (Å²) < 4.78 is 6.98. The molecule has 0 aromatic heterocycles. The lowest BCUT2D eigenvalue weighted by molar-refractivity contribution is -0.118. The fourth-order valence-corrected chi connectivity index (χ4v) is 4.01. The number of fused-ring (bicyclic) bond motifs is 3. The van der Waals surface area contributed by atoms with Crippen LogP contribution in [-0.4, -0.2) is 5.91 Å². The summed E-state index contributed by atoms with van der Waals surface area (Å²) in [5.41, 5.74) is 2.02. The van der Waals surface area contributed by atoms with Crippen molar-refractivity contribution in [1.82, 2.24) is 5.32 Å². The van der Waals surface area contributed by atoms with Gasteiger partial charge in [0.05, 0.1) is 5.92 Å². The molecule has 138 valence electrons. The molecule has 0 aliphatic carbocycles. The maximum absolute atomic E-state index is 11.7. The second kappa shape index (κ2) is 7.31. The van der Waals surface area contributed by atoms with Crippen LogP contribution in [0.15, 0.2) is 70.5 Å². The Labute approximate surface area is 175 Å². The average Bonchev–Trinajstić information content (AvgIpc) is 2.68. The molecular weight excluding hydrogens is 440 g/mol. The van der Waals surface area contributed by atoms with Gasteiger partial charge in [-0.25, -0.2) is 0 Å². The highest BCUT2D eigenvalue weighted by atomic mass is 79.9. The van der Waals surface area contributed by atoms with Crippen molar-refractivity contribution < 1.29 is 9.53 Å². The number of benzene rings is 3. The molecule has 1 atom stereocenters. The van der Waals surface area contributed by atoms with Gasteiger partial charge in [-0.3, -0.25) is 10.1 Å². The van der Waals surface area contributed by atoms with Gasteiger partial charge >= 0.3 is 0 Å². The second-order valence-corrected chi connectivity index (χ2v) is 7.77. The summed E-state index contributed by atoms with van der Waals surface area (Å²) in [6, 6.07) is 19.4. The van der Waals surface area contributed by atoms with Crippen molar-refractivity contribution in [2.45, 2.75) is 12.8 Å². The van der Waals surface area contributed by atoms with Gasteiger partial charge in [0.15, 0.2) is 0 Å². The molecule has 0 spiro atoms. The lowest BCUT2D eigenvalue weighted by Crippen LogP contribution is -2.29. The van der Waals surface area contributed by atoms with Crippen molar-refractivity contribution in [3.63, 3.8) is 0 Å². The molecule has 4 nitrogen and oxygen atoms in total. The van der Waals surface area contributed by atoms with E-state index in [4.69, 9.17) is 16.3 Å². The van der Waals surface area contributed by atoms with Gasteiger partial charge in [-0.15, -0.1) is 0 Å². The number of nitriles is 1. The van der Waals surface area contributed by atoms with E-state index in [0.29, 0.717) is 16.3 Å². The highest BCUT2D eigenvalue weighted by Gasteiger charge is 2.33. The van der Waals surface area contributed by atoms with Crippen LogP contribution in [-0.2, 0) is 4.79 Å². The van der Waals surface area contributed by atoms with Crippen LogP contribution in [0, 0.1) is 11.3 Å². The Balaban J connectivity index is 2.04. The van der Waals surface area contributed by atoms with Crippen LogP contribution in [0.25, 0.3) is 10.8 Å². The highest BCUT2D eigenvalue weighted by Crippen LogP contribution is 2.47. The number of halogens is 2. The van der Waals surface area contributed by atoms with Gasteiger partial charge < -0.3 is 4.74 Å². The molecule has 28 heavy (non-hydrogen) atoms. The largest absolute Gasteiger partial charge is 0.439 e. The van der Waals surface area contributed by atoms with Crippen LogP contribution in [0.1, 0.15) is 24.0 Å². The van der Waals surface area contributed by atoms with E-state index in [9.17, 15) is 10.1 Å². The number of nitrogens with zero attached hydrogens (tertiary/aromatic N) is 1. The summed E-state index contributed by atoms with van der Waals surface area (Å²) in [7, 11) is 0. The van der Waals surface area contributed by atoms with E-state index in [1.165, 1.54) is 6.92 Å². The highest BCUT2D eigenvalue weighted by molar-refractivity contribution is 9.10. The zero-order chi connectivity index (χ0) is 19.8. The van der Waals surface area contributed by atoms with E-state index in [1.807, 2.05) is 54.6 Å². The van der Waals surface area contributed by atoms with Gasteiger partial charge in [-0.1, -0.05) is 63.9 Å². The van der Waals surface area contributed by atoms with Gasteiger partial charge in [0.2, 0.25) is 11.8 Å². The summed E-state index contributed by atoms with van der Waals surface area (Å²) in [4.78, 5) is 11.7. The molecule has 0 radical (unpaired) electrons. The molecule has 3 aromatic carbocycles. The third-order valence-electron chi connectivity index (χ3n) is 4.64. The Morgan fingerprint density at radius 1 is 1.18 bits per heavy atom. The lowest BCUT2D eigenvalue weighted by Gasteiger charge is -2.29. The maximum atomic E-state index is 11.7. The predicted octanol–water partition coefficient (Wildman–Crippen LogP) is 5.65. The Morgan fingerprint density at radius 3 is 2.50 bits per heavy atom. The first-order valence-corrected chi connectivity index (χ1v) is 9.73. The number of hydrogen-bond acceptors (Lipinski definition) is 3. The van der Waals surface area contributed by atoms with E-state index in [-0.39, 0.29) is 11.8 Å². The monoisotopic (exact) mass is 452 g/mol. The minimum atomic E-state index is -0.411. The van der Waals surface area contributed by atoms with E-state index < -0.39 is 5.92 Å². The minimum Gasteiger partial charge on any atom is -0.439 e. The normalized spacial score (nSPS) is 15.6. The van der Waals surface area contributed by atoms with Crippen molar-refractivity contribution in [3.8, 4) is 11.8 Å². The summed E-state index contributed by atoms with van der Waals surface area (Å²) >= 11 is 9.99. The van der Waals surface area contributed by atoms with E-state index >= 15 is 0 Å². The predicted molar refractivity (Wildman–Crippen MR) is 112 cm³/mol. The molecule has 1 unspecified atom stereocenters. The third-order valence-corrected chi connectivity index (χ3v) is 5.48. The van der Waals surface area contributed by atoms with Crippen LogP contribution < -0.4 is 10.1 Å². The van der Waals surface area contributed by atoms with E-state index in [2.05, 4.69) is 27.3 Å². The number of carbonyl (C=O) groups excluding carboxylic acids is 1. The summed E-state index contributed by atoms with van der Waals surface area (Å²) in [5.74, 6) is 0.0309.